The lowest BCUT2D eigenvalue weighted by molar-refractivity contribution is 0.0746. The zero-order valence-corrected chi connectivity index (χ0v) is 17.7. The molecule has 32 heavy (non-hydrogen) atoms. The predicted molar refractivity (Wildman–Crippen MR) is 122 cm³/mol. The molecule has 3 aromatic carbocycles. The number of hydrogen-bond acceptors (Lipinski definition) is 4. The van der Waals surface area contributed by atoms with Crippen LogP contribution in [0.2, 0.25) is 0 Å². The van der Waals surface area contributed by atoms with Crippen LogP contribution in [0.25, 0.3) is 11.3 Å². The second-order valence-corrected chi connectivity index (χ2v) is 7.79. The van der Waals surface area contributed by atoms with Crippen LogP contribution in [0.3, 0.4) is 0 Å². The van der Waals surface area contributed by atoms with Gasteiger partial charge in [0.1, 0.15) is 22.9 Å². The first kappa shape index (κ1) is 19.9. The fourth-order valence-electron chi connectivity index (χ4n) is 4.33. The highest BCUT2D eigenvalue weighted by Gasteiger charge is 2.42. The number of carbonyl (C=O) groups excluding carboxylic acids is 1. The number of nitrogens with one attached hydrogen (secondary N) is 1. The van der Waals surface area contributed by atoms with Crippen LogP contribution >= 0.6 is 0 Å². The number of amides is 1. The second kappa shape index (κ2) is 8.23. The van der Waals surface area contributed by atoms with Crippen molar-refractivity contribution in [3.8, 4) is 22.8 Å². The Morgan fingerprint density at radius 1 is 1.00 bits per heavy atom. The fourth-order valence-corrected chi connectivity index (χ4v) is 4.33. The average molecular weight is 425 g/mol. The molecule has 1 atom stereocenters. The van der Waals surface area contributed by atoms with Gasteiger partial charge in [0.05, 0.1) is 13.2 Å². The van der Waals surface area contributed by atoms with Gasteiger partial charge in [0.25, 0.3) is 5.91 Å². The number of carbonyl (C=O) groups is 1. The Morgan fingerprint density at radius 2 is 1.72 bits per heavy atom. The van der Waals surface area contributed by atoms with Gasteiger partial charge in [-0.3, -0.25) is 9.89 Å². The van der Waals surface area contributed by atoms with Crippen LogP contribution in [0.15, 0.2) is 78.9 Å². The molecule has 0 aliphatic carbocycles. The molecular formula is C26H23N3O3. The van der Waals surface area contributed by atoms with E-state index in [0.29, 0.717) is 23.5 Å². The number of ether oxygens (including phenoxy) is 1. The van der Waals surface area contributed by atoms with E-state index in [2.05, 4.69) is 22.3 Å². The maximum Gasteiger partial charge on any atom is 0.273 e. The van der Waals surface area contributed by atoms with Crippen molar-refractivity contribution in [3.63, 3.8) is 0 Å². The van der Waals surface area contributed by atoms with Gasteiger partial charge in [-0.25, -0.2) is 0 Å². The standard InChI is InChI=1S/C26H23N3O3/c1-32-19-13-11-18(12-14-19)25-22-23(20-9-5-6-10-21(20)30)27-28-24(22)26(31)29(25)16-15-17-7-3-2-4-8-17/h2-14,25,30H,15-16H2,1H3,(H,27,28). The number of methoxy groups -OCH3 is 1. The molecule has 5 rings (SSSR count). The monoisotopic (exact) mass is 425 g/mol. The van der Waals surface area contributed by atoms with Crippen LogP contribution in [-0.4, -0.2) is 39.8 Å². The minimum Gasteiger partial charge on any atom is -0.507 e. The molecule has 4 aromatic rings. The third kappa shape index (κ3) is 3.39. The molecule has 1 aliphatic heterocycles. The number of nitrogens with zero attached hydrogens (tertiary/aromatic N) is 2. The molecule has 1 aromatic heterocycles. The van der Waals surface area contributed by atoms with Crippen LogP contribution in [0.5, 0.6) is 11.5 Å². The van der Waals surface area contributed by atoms with Crippen LogP contribution in [0.1, 0.15) is 33.2 Å². The maximum atomic E-state index is 13.4. The summed E-state index contributed by atoms with van der Waals surface area (Å²) in [6.45, 7) is 0.558. The van der Waals surface area contributed by atoms with Crippen molar-refractivity contribution in [2.24, 2.45) is 0 Å². The van der Waals surface area contributed by atoms with Gasteiger partial charge in [-0.15, -0.1) is 0 Å². The van der Waals surface area contributed by atoms with Gasteiger partial charge in [-0.1, -0.05) is 54.6 Å². The summed E-state index contributed by atoms with van der Waals surface area (Å²) in [7, 11) is 1.63. The summed E-state index contributed by atoms with van der Waals surface area (Å²) >= 11 is 0. The average Bonchev–Trinajstić information content (AvgIpc) is 3.37. The minimum atomic E-state index is -0.319. The number of para-hydroxylation sites is 1. The zero-order valence-electron chi connectivity index (χ0n) is 17.7. The molecule has 0 saturated carbocycles. The van der Waals surface area contributed by atoms with E-state index in [0.717, 1.165) is 23.3 Å². The largest absolute Gasteiger partial charge is 0.507 e. The van der Waals surface area contributed by atoms with E-state index in [1.165, 1.54) is 5.56 Å². The van der Waals surface area contributed by atoms with Crippen LogP contribution in [0.4, 0.5) is 0 Å². The van der Waals surface area contributed by atoms with Crippen LogP contribution in [-0.2, 0) is 6.42 Å². The number of aromatic nitrogens is 2. The Balaban J connectivity index is 1.59. The number of H-pyrrole nitrogens is 1. The van der Waals surface area contributed by atoms with Crippen molar-refractivity contribution in [2.45, 2.75) is 12.5 Å². The Labute approximate surface area is 186 Å². The van der Waals surface area contributed by atoms with Crippen LogP contribution in [0, 0.1) is 0 Å². The Hall–Kier alpha value is -4.06. The van der Waals surface area contributed by atoms with E-state index < -0.39 is 0 Å². The molecule has 2 heterocycles. The molecular weight excluding hydrogens is 402 g/mol. The number of phenolic OH excluding ortho intramolecular Hbond substituents is 1. The lowest BCUT2D eigenvalue weighted by atomic mass is 9.95. The molecule has 0 radical (unpaired) electrons. The highest BCUT2D eigenvalue weighted by Crippen LogP contribution is 2.44. The van der Waals surface area contributed by atoms with Gasteiger partial charge in [0.2, 0.25) is 0 Å². The second-order valence-electron chi connectivity index (χ2n) is 7.79. The lowest BCUT2D eigenvalue weighted by Crippen LogP contribution is -2.31. The number of aromatic amines is 1. The highest BCUT2D eigenvalue weighted by atomic mass is 16.5. The molecule has 0 spiro atoms. The van der Waals surface area contributed by atoms with E-state index in [1.54, 1.807) is 19.2 Å². The highest BCUT2D eigenvalue weighted by molar-refractivity contribution is 6.00. The van der Waals surface area contributed by atoms with Crippen LogP contribution < -0.4 is 4.74 Å². The van der Waals surface area contributed by atoms with E-state index in [9.17, 15) is 9.90 Å². The number of fused-ring (bicyclic) bond motifs is 1. The number of hydrogen-bond donors (Lipinski definition) is 2. The number of benzene rings is 3. The summed E-state index contributed by atoms with van der Waals surface area (Å²) in [4.78, 5) is 15.3. The van der Waals surface area contributed by atoms with Gasteiger partial charge in [0.15, 0.2) is 0 Å². The summed E-state index contributed by atoms with van der Waals surface area (Å²) in [6, 6.07) is 24.6. The molecule has 1 amide bonds. The van der Waals surface area contributed by atoms with Gasteiger partial charge >= 0.3 is 0 Å². The third-order valence-corrected chi connectivity index (χ3v) is 5.94. The molecule has 2 N–H and O–H groups in total. The van der Waals surface area contributed by atoms with Crippen molar-refractivity contribution in [2.75, 3.05) is 13.7 Å². The van der Waals surface area contributed by atoms with E-state index in [-0.39, 0.29) is 17.7 Å². The van der Waals surface area contributed by atoms with Gasteiger partial charge in [-0.05, 0) is 41.8 Å². The predicted octanol–water partition coefficient (Wildman–Crippen LogP) is 4.58. The molecule has 0 fully saturated rings. The molecule has 0 saturated heterocycles. The fraction of sp³-hybridized carbons (Fsp3) is 0.154. The number of aromatic hydroxyl groups is 1. The first-order valence-corrected chi connectivity index (χ1v) is 10.5. The normalized spacial score (nSPS) is 15.1. The maximum absolute atomic E-state index is 13.4. The summed E-state index contributed by atoms with van der Waals surface area (Å²) in [6.07, 6.45) is 0.739. The summed E-state index contributed by atoms with van der Waals surface area (Å²) in [5.74, 6) is 0.790. The summed E-state index contributed by atoms with van der Waals surface area (Å²) in [5.41, 5.74) is 4.58. The van der Waals surface area contributed by atoms with Gasteiger partial charge in [0, 0.05) is 17.7 Å². The quantitative estimate of drug-likeness (QED) is 0.474. The van der Waals surface area contributed by atoms with Crippen molar-refractivity contribution < 1.29 is 14.6 Å². The molecule has 6 nitrogen and oxygen atoms in total. The van der Waals surface area contributed by atoms with Crippen molar-refractivity contribution in [1.29, 1.82) is 0 Å². The third-order valence-electron chi connectivity index (χ3n) is 5.94. The van der Waals surface area contributed by atoms with E-state index in [1.807, 2.05) is 59.5 Å². The minimum absolute atomic E-state index is 0.0917. The molecule has 0 bridgehead atoms. The summed E-state index contributed by atoms with van der Waals surface area (Å²) in [5, 5.41) is 17.8. The first-order chi connectivity index (χ1) is 15.7. The Kier molecular flexibility index (Phi) is 5.11. The SMILES string of the molecule is COc1ccc(C2c3c(-c4ccccc4O)n[nH]c3C(=O)N2CCc2ccccc2)cc1. The van der Waals surface area contributed by atoms with Gasteiger partial charge < -0.3 is 14.7 Å². The van der Waals surface area contributed by atoms with E-state index in [4.69, 9.17) is 4.74 Å². The zero-order chi connectivity index (χ0) is 22.1. The number of phenols is 1. The Morgan fingerprint density at radius 3 is 2.44 bits per heavy atom. The number of rotatable bonds is 6. The summed E-state index contributed by atoms with van der Waals surface area (Å²) < 4.78 is 5.32. The Bertz CT molecular complexity index is 1250. The van der Waals surface area contributed by atoms with Gasteiger partial charge in [-0.2, -0.15) is 5.10 Å². The molecule has 1 aliphatic rings. The van der Waals surface area contributed by atoms with Crippen molar-refractivity contribution in [3.05, 3.63) is 101 Å². The topological polar surface area (TPSA) is 78.5 Å². The van der Waals surface area contributed by atoms with Crippen molar-refractivity contribution in [1.82, 2.24) is 15.1 Å². The smallest absolute Gasteiger partial charge is 0.273 e. The molecule has 1 unspecified atom stereocenters. The molecule has 160 valence electrons. The molecule has 6 heteroatoms. The van der Waals surface area contributed by atoms with E-state index >= 15 is 0 Å². The lowest BCUT2D eigenvalue weighted by Gasteiger charge is -2.26. The van der Waals surface area contributed by atoms with Crippen molar-refractivity contribution >= 4 is 5.91 Å². The first-order valence-electron chi connectivity index (χ1n) is 10.5.